The minimum absolute atomic E-state index is 0.0909. The lowest BCUT2D eigenvalue weighted by Gasteiger charge is -2.22. The van der Waals surface area contributed by atoms with Crippen molar-refractivity contribution in [1.82, 2.24) is 0 Å². The molecule has 1 amide bonds. The summed E-state index contributed by atoms with van der Waals surface area (Å²) in [5, 5.41) is 11.8. The highest BCUT2D eigenvalue weighted by Crippen LogP contribution is 2.24. The molecule has 11 heteroatoms. The second-order valence-electron chi connectivity index (χ2n) is 8.10. The van der Waals surface area contributed by atoms with E-state index in [0.29, 0.717) is 5.69 Å². The van der Waals surface area contributed by atoms with Gasteiger partial charge in [-0.3, -0.25) is 4.79 Å². The molecule has 3 rings (SSSR count). The van der Waals surface area contributed by atoms with Crippen molar-refractivity contribution in [2.45, 2.75) is 38.3 Å². The van der Waals surface area contributed by atoms with Crippen molar-refractivity contribution in [3.05, 3.63) is 66.2 Å². The Morgan fingerprint density at radius 1 is 0.946 bits per heavy atom. The van der Waals surface area contributed by atoms with Crippen LogP contribution in [0.5, 0.6) is 0 Å². The standard InChI is InChI=1S/C24H28N2O3S.C2HF3O2/c1-4-26(5-2)21-11-13-23(18(3)16-21)25-24(27)14-15-30(28,29)22-12-10-19-8-6-7-9-20(19)17-22;3-2(4,5)1(6)7/h6-13,16-17H,4-5,14-15H2,1-3H3,(H,25,27);(H,6,7). The number of carbonyl (C=O) groups is 2. The van der Waals surface area contributed by atoms with E-state index in [-0.39, 0.29) is 23.0 Å². The number of alkyl halides is 3. The molecule has 0 aliphatic rings. The fraction of sp³-hybridized carbons (Fsp3) is 0.308. The normalized spacial score (nSPS) is 11.4. The molecule has 0 saturated carbocycles. The van der Waals surface area contributed by atoms with E-state index in [2.05, 4.69) is 24.1 Å². The highest BCUT2D eigenvalue weighted by molar-refractivity contribution is 7.91. The number of aliphatic carboxylic acids is 1. The van der Waals surface area contributed by atoms with Crippen LogP contribution in [0.15, 0.2) is 65.6 Å². The van der Waals surface area contributed by atoms with Crippen molar-refractivity contribution in [3.63, 3.8) is 0 Å². The summed E-state index contributed by atoms with van der Waals surface area (Å²) < 4.78 is 57.1. The van der Waals surface area contributed by atoms with Gasteiger partial charge in [0, 0.05) is 30.9 Å². The molecular formula is C26H29F3N2O5S. The topological polar surface area (TPSA) is 104 Å². The Kier molecular flexibility index (Phi) is 10.1. The summed E-state index contributed by atoms with van der Waals surface area (Å²) >= 11 is 0. The van der Waals surface area contributed by atoms with Gasteiger partial charge in [0.1, 0.15) is 0 Å². The quantitative estimate of drug-likeness (QED) is 0.396. The van der Waals surface area contributed by atoms with E-state index >= 15 is 0 Å². The maximum absolute atomic E-state index is 12.7. The van der Waals surface area contributed by atoms with Crippen LogP contribution in [0.1, 0.15) is 25.8 Å². The number of amides is 1. The molecule has 3 aromatic carbocycles. The minimum Gasteiger partial charge on any atom is -0.475 e. The van der Waals surface area contributed by atoms with Crippen molar-refractivity contribution in [2.75, 3.05) is 29.1 Å². The number of nitrogens with one attached hydrogen (secondary N) is 1. The number of carboxylic acid groups (broad SMARTS) is 1. The predicted molar refractivity (Wildman–Crippen MR) is 138 cm³/mol. The fourth-order valence-electron chi connectivity index (χ4n) is 3.49. The zero-order chi connectivity index (χ0) is 27.8. The first-order valence-electron chi connectivity index (χ1n) is 11.5. The summed E-state index contributed by atoms with van der Waals surface area (Å²) in [7, 11) is -3.54. The van der Waals surface area contributed by atoms with Gasteiger partial charge in [0.15, 0.2) is 9.84 Å². The van der Waals surface area contributed by atoms with Crippen LogP contribution in [0.3, 0.4) is 0 Å². The number of fused-ring (bicyclic) bond motifs is 1. The van der Waals surface area contributed by atoms with E-state index in [4.69, 9.17) is 9.90 Å². The first kappa shape index (κ1) is 29.6. The predicted octanol–water partition coefficient (Wildman–Crippen LogP) is 5.43. The summed E-state index contributed by atoms with van der Waals surface area (Å²) in [4.78, 5) is 23.8. The van der Waals surface area contributed by atoms with E-state index in [9.17, 15) is 26.4 Å². The van der Waals surface area contributed by atoms with Crippen LogP contribution < -0.4 is 10.2 Å². The Labute approximate surface area is 213 Å². The van der Waals surface area contributed by atoms with Gasteiger partial charge >= 0.3 is 12.1 Å². The van der Waals surface area contributed by atoms with Crippen LogP contribution in [-0.4, -0.2) is 50.4 Å². The summed E-state index contributed by atoms with van der Waals surface area (Å²) in [6.07, 6.45) is -5.17. The van der Waals surface area contributed by atoms with Gasteiger partial charge in [0.05, 0.1) is 10.6 Å². The summed E-state index contributed by atoms with van der Waals surface area (Å²) in [5.74, 6) is -3.29. The third kappa shape index (κ3) is 8.49. The summed E-state index contributed by atoms with van der Waals surface area (Å²) in [6, 6.07) is 18.6. The largest absolute Gasteiger partial charge is 0.490 e. The fourth-order valence-corrected chi connectivity index (χ4v) is 4.76. The van der Waals surface area contributed by atoms with Gasteiger partial charge in [-0.05, 0) is 67.4 Å². The zero-order valence-corrected chi connectivity index (χ0v) is 21.5. The number of halogens is 3. The molecule has 0 fully saturated rings. The second kappa shape index (κ2) is 12.6. The molecule has 0 aliphatic carbocycles. The van der Waals surface area contributed by atoms with Crippen LogP contribution in [0.4, 0.5) is 24.5 Å². The number of nitrogens with zero attached hydrogens (tertiary/aromatic N) is 1. The van der Waals surface area contributed by atoms with Crippen LogP contribution in [-0.2, 0) is 19.4 Å². The first-order valence-corrected chi connectivity index (χ1v) is 13.1. The summed E-state index contributed by atoms with van der Waals surface area (Å²) in [5.41, 5.74) is 2.76. The highest BCUT2D eigenvalue weighted by Gasteiger charge is 2.38. The summed E-state index contributed by atoms with van der Waals surface area (Å²) in [6.45, 7) is 7.96. The van der Waals surface area contributed by atoms with E-state index in [1.165, 1.54) is 0 Å². The molecule has 3 aromatic rings. The lowest BCUT2D eigenvalue weighted by atomic mass is 10.1. The minimum atomic E-state index is -5.08. The molecule has 7 nitrogen and oxygen atoms in total. The smallest absolute Gasteiger partial charge is 0.475 e. The molecule has 200 valence electrons. The van der Waals surface area contributed by atoms with Gasteiger partial charge in [-0.1, -0.05) is 30.3 Å². The van der Waals surface area contributed by atoms with Gasteiger partial charge in [0.2, 0.25) is 5.91 Å². The number of rotatable bonds is 8. The number of carbonyl (C=O) groups excluding carboxylic acids is 1. The Morgan fingerprint density at radius 3 is 2.08 bits per heavy atom. The molecule has 0 saturated heterocycles. The van der Waals surface area contributed by atoms with Crippen molar-refractivity contribution >= 4 is 43.9 Å². The van der Waals surface area contributed by atoms with Gasteiger partial charge in [-0.25, -0.2) is 13.2 Å². The molecule has 0 atom stereocenters. The molecule has 0 aromatic heterocycles. The SMILES string of the molecule is CCN(CC)c1ccc(NC(=O)CCS(=O)(=O)c2ccc3ccccc3c2)c(C)c1.O=C(O)C(F)(F)F. The van der Waals surface area contributed by atoms with Gasteiger partial charge in [-0.15, -0.1) is 0 Å². The molecule has 0 aliphatic heterocycles. The van der Waals surface area contributed by atoms with Gasteiger partial charge < -0.3 is 15.3 Å². The molecule has 0 heterocycles. The van der Waals surface area contributed by atoms with Crippen LogP contribution in [0.25, 0.3) is 10.8 Å². The molecule has 0 radical (unpaired) electrons. The second-order valence-corrected chi connectivity index (χ2v) is 10.2. The van der Waals surface area contributed by atoms with Gasteiger partial charge in [0.25, 0.3) is 0 Å². The van der Waals surface area contributed by atoms with Crippen LogP contribution in [0, 0.1) is 6.92 Å². The molecule has 37 heavy (non-hydrogen) atoms. The van der Waals surface area contributed by atoms with Crippen molar-refractivity contribution in [1.29, 1.82) is 0 Å². The molecule has 0 unspecified atom stereocenters. The Bertz CT molecular complexity index is 1350. The Hall–Kier alpha value is -3.60. The van der Waals surface area contributed by atoms with Crippen molar-refractivity contribution in [2.24, 2.45) is 0 Å². The number of carboxylic acids is 1. The number of aryl methyl sites for hydroxylation is 1. The maximum atomic E-state index is 12.7. The Balaban J connectivity index is 0.000000604. The average molecular weight is 539 g/mol. The lowest BCUT2D eigenvalue weighted by molar-refractivity contribution is -0.192. The zero-order valence-electron chi connectivity index (χ0n) is 20.7. The van der Waals surface area contributed by atoms with E-state index < -0.39 is 22.0 Å². The molecule has 0 bridgehead atoms. The monoisotopic (exact) mass is 538 g/mol. The number of sulfone groups is 1. The third-order valence-electron chi connectivity index (χ3n) is 5.53. The molecule has 0 spiro atoms. The van der Waals surface area contributed by atoms with Crippen molar-refractivity contribution < 1.29 is 36.3 Å². The third-order valence-corrected chi connectivity index (χ3v) is 7.25. The van der Waals surface area contributed by atoms with Crippen LogP contribution >= 0.6 is 0 Å². The van der Waals surface area contributed by atoms with E-state index in [1.54, 1.807) is 18.2 Å². The maximum Gasteiger partial charge on any atom is 0.490 e. The molecular weight excluding hydrogens is 509 g/mol. The first-order chi connectivity index (χ1) is 17.3. The lowest BCUT2D eigenvalue weighted by Crippen LogP contribution is -2.22. The number of benzene rings is 3. The highest BCUT2D eigenvalue weighted by atomic mass is 32.2. The Morgan fingerprint density at radius 2 is 1.54 bits per heavy atom. The van der Waals surface area contributed by atoms with E-state index in [1.807, 2.05) is 49.4 Å². The number of hydrogen-bond acceptors (Lipinski definition) is 5. The van der Waals surface area contributed by atoms with E-state index in [0.717, 1.165) is 35.1 Å². The average Bonchev–Trinajstić information content (AvgIpc) is 2.84. The molecule has 2 N–H and O–H groups in total. The van der Waals surface area contributed by atoms with Crippen LogP contribution in [0.2, 0.25) is 0 Å². The number of hydrogen-bond donors (Lipinski definition) is 2. The number of anilines is 2. The van der Waals surface area contributed by atoms with Gasteiger partial charge in [-0.2, -0.15) is 13.2 Å². The van der Waals surface area contributed by atoms with Crippen molar-refractivity contribution in [3.8, 4) is 0 Å².